The first kappa shape index (κ1) is 22.4. The third kappa shape index (κ3) is 4.22. The van der Waals surface area contributed by atoms with Crippen molar-refractivity contribution >= 4 is 21.7 Å². The summed E-state index contributed by atoms with van der Waals surface area (Å²) in [7, 11) is 0. The number of benzene rings is 4. The van der Waals surface area contributed by atoms with Gasteiger partial charge in [-0.15, -0.1) is 0 Å². The number of furan rings is 1. The molecule has 2 aromatic heterocycles. The Balaban J connectivity index is 1.53. The van der Waals surface area contributed by atoms with Gasteiger partial charge in [-0.05, 0) is 28.6 Å². The fourth-order valence-electron chi connectivity index (χ4n) is 5.15. The molecule has 0 saturated carbocycles. The molecule has 0 bridgehead atoms. The summed E-state index contributed by atoms with van der Waals surface area (Å²) in [4.78, 5) is 0. The van der Waals surface area contributed by atoms with Gasteiger partial charge in [0.1, 0.15) is 5.76 Å². The van der Waals surface area contributed by atoms with E-state index in [1.807, 2.05) is 18.2 Å². The van der Waals surface area contributed by atoms with E-state index in [9.17, 15) is 5.11 Å². The van der Waals surface area contributed by atoms with Crippen LogP contribution < -0.4 is 5.32 Å². The fourth-order valence-corrected chi connectivity index (χ4v) is 5.15. The van der Waals surface area contributed by atoms with E-state index in [4.69, 9.17) is 4.42 Å². The molecule has 6 aromatic rings. The SMILES string of the molecule is O[C@H](CNCc1ccco1)Cn1c(-c2ccccc2)c(-c2ccccc2)c2ccc3ccccc3c21. The molecular formula is C32H28N2O2. The van der Waals surface area contributed by atoms with Crippen LogP contribution in [-0.2, 0) is 13.1 Å². The van der Waals surface area contributed by atoms with Crippen LogP contribution in [0, 0.1) is 0 Å². The Hall–Kier alpha value is -4.12. The number of rotatable bonds is 8. The van der Waals surface area contributed by atoms with Crippen LogP contribution in [0.3, 0.4) is 0 Å². The standard InChI is InChI=1S/C32H28N2O2/c35-26(20-33-21-27-15-9-19-36-27)22-34-31(25-13-5-2-6-14-25)30(24-11-3-1-4-12-24)29-18-17-23-10-7-8-16-28(23)32(29)34/h1-19,26,33,35H,20-22H2/t26-/m1/s1. The molecule has 2 heterocycles. The summed E-state index contributed by atoms with van der Waals surface area (Å²) in [6, 6.07) is 37.8. The average molecular weight is 473 g/mol. The van der Waals surface area contributed by atoms with Gasteiger partial charge in [0.2, 0.25) is 0 Å². The summed E-state index contributed by atoms with van der Waals surface area (Å²) in [5.41, 5.74) is 5.76. The summed E-state index contributed by atoms with van der Waals surface area (Å²) in [5.74, 6) is 0.857. The van der Waals surface area contributed by atoms with Gasteiger partial charge in [-0.3, -0.25) is 0 Å². The van der Waals surface area contributed by atoms with Crippen molar-refractivity contribution in [3.8, 4) is 22.4 Å². The second-order valence-corrected chi connectivity index (χ2v) is 9.11. The number of nitrogens with zero attached hydrogens (tertiary/aromatic N) is 1. The highest BCUT2D eigenvalue weighted by Gasteiger charge is 2.23. The maximum absolute atomic E-state index is 11.2. The monoisotopic (exact) mass is 472 g/mol. The van der Waals surface area contributed by atoms with E-state index in [-0.39, 0.29) is 0 Å². The number of hydrogen-bond donors (Lipinski definition) is 2. The number of fused-ring (bicyclic) bond motifs is 3. The maximum Gasteiger partial charge on any atom is 0.117 e. The van der Waals surface area contributed by atoms with Crippen LogP contribution in [0.4, 0.5) is 0 Å². The first-order chi connectivity index (χ1) is 17.8. The lowest BCUT2D eigenvalue weighted by Gasteiger charge is -2.18. The van der Waals surface area contributed by atoms with E-state index >= 15 is 0 Å². The molecule has 4 nitrogen and oxygen atoms in total. The van der Waals surface area contributed by atoms with Crippen LogP contribution in [0.15, 0.2) is 120 Å². The van der Waals surface area contributed by atoms with Gasteiger partial charge >= 0.3 is 0 Å². The van der Waals surface area contributed by atoms with Crippen molar-refractivity contribution < 1.29 is 9.52 Å². The largest absolute Gasteiger partial charge is 0.468 e. The van der Waals surface area contributed by atoms with E-state index in [2.05, 4.69) is 101 Å². The predicted molar refractivity (Wildman–Crippen MR) is 147 cm³/mol. The predicted octanol–water partition coefficient (Wildman–Crippen LogP) is 6.87. The average Bonchev–Trinajstić information content (AvgIpc) is 3.56. The third-order valence-electron chi connectivity index (χ3n) is 6.71. The molecule has 36 heavy (non-hydrogen) atoms. The van der Waals surface area contributed by atoms with Gasteiger partial charge < -0.3 is 19.4 Å². The minimum absolute atomic E-state index is 0.458. The summed E-state index contributed by atoms with van der Waals surface area (Å²) < 4.78 is 7.73. The highest BCUT2D eigenvalue weighted by atomic mass is 16.3. The zero-order valence-corrected chi connectivity index (χ0v) is 20.0. The molecule has 4 heteroatoms. The minimum atomic E-state index is -0.583. The Morgan fingerprint density at radius 3 is 2.19 bits per heavy atom. The maximum atomic E-state index is 11.2. The normalized spacial score (nSPS) is 12.4. The lowest BCUT2D eigenvalue weighted by molar-refractivity contribution is 0.152. The summed E-state index contributed by atoms with van der Waals surface area (Å²) in [6.45, 7) is 1.51. The molecule has 4 aromatic carbocycles. The molecular weight excluding hydrogens is 444 g/mol. The molecule has 0 unspecified atom stereocenters. The highest BCUT2D eigenvalue weighted by Crippen LogP contribution is 2.43. The van der Waals surface area contributed by atoms with E-state index in [0.717, 1.165) is 22.5 Å². The molecule has 0 aliphatic carbocycles. The second-order valence-electron chi connectivity index (χ2n) is 9.11. The van der Waals surface area contributed by atoms with Crippen molar-refractivity contribution in [1.82, 2.24) is 9.88 Å². The van der Waals surface area contributed by atoms with Gasteiger partial charge in [-0.1, -0.05) is 97.1 Å². The number of aliphatic hydroxyl groups is 1. The van der Waals surface area contributed by atoms with Gasteiger partial charge in [0.05, 0.1) is 36.7 Å². The number of nitrogens with one attached hydrogen (secondary N) is 1. The lowest BCUT2D eigenvalue weighted by Crippen LogP contribution is -2.30. The molecule has 0 amide bonds. The van der Waals surface area contributed by atoms with Gasteiger partial charge in [0.15, 0.2) is 0 Å². The van der Waals surface area contributed by atoms with Crippen LogP contribution in [0.2, 0.25) is 0 Å². The smallest absolute Gasteiger partial charge is 0.117 e. The van der Waals surface area contributed by atoms with Crippen LogP contribution in [0.25, 0.3) is 44.1 Å². The van der Waals surface area contributed by atoms with Crippen molar-refractivity contribution in [2.45, 2.75) is 19.2 Å². The fraction of sp³-hybridized carbons (Fsp3) is 0.125. The van der Waals surface area contributed by atoms with Crippen molar-refractivity contribution in [3.63, 3.8) is 0 Å². The van der Waals surface area contributed by atoms with Gasteiger partial charge in [0.25, 0.3) is 0 Å². The molecule has 0 aliphatic heterocycles. The first-order valence-electron chi connectivity index (χ1n) is 12.4. The number of hydrogen-bond acceptors (Lipinski definition) is 3. The molecule has 6 rings (SSSR count). The highest BCUT2D eigenvalue weighted by molar-refractivity contribution is 6.15. The zero-order valence-electron chi connectivity index (χ0n) is 20.0. The van der Waals surface area contributed by atoms with Gasteiger partial charge in [-0.25, -0.2) is 0 Å². The Morgan fingerprint density at radius 2 is 1.44 bits per heavy atom. The van der Waals surface area contributed by atoms with Gasteiger partial charge in [-0.2, -0.15) is 0 Å². The summed E-state index contributed by atoms with van der Waals surface area (Å²) >= 11 is 0. The molecule has 0 radical (unpaired) electrons. The Labute approximate surface area is 210 Å². The Morgan fingerprint density at radius 1 is 0.722 bits per heavy atom. The molecule has 1 atom stereocenters. The summed E-state index contributed by atoms with van der Waals surface area (Å²) in [5, 5.41) is 18.1. The van der Waals surface area contributed by atoms with Crippen molar-refractivity contribution in [3.05, 3.63) is 121 Å². The molecule has 0 fully saturated rings. The molecule has 0 aliphatic rings. The summed E-state index contributed by atoms with van der Waals surface area (Å²) in [6.07, 6.45) is 1.09. The molecule has 0 saturated heterocycles. The van der Waals surface area contributed by atoms with Crippen LogP contribution in [0.1, 0.15) is 5.76 Å². The van der Waals surface area contributed by atoms with E-state index < -0.39 is 6.10 Å². The quantitative estimate of drug-likeness (QED) is 0.254. The lowest BCUT2D eigenvalue weighted by atomic mass is 9.97. The second kappa shape index (κ2) is 9.86. The molecule has 0 spiro atoms. The van der Waals surface area contributed by atoms with E-state index in [1.165, 1.54) is 27.3 Å². The Kier molecular flexibility index (Phi) is 6.12. The topological polar surface area (TPSA) is 50.3 Å². The third-order valence-corrected chi connectivity index (χ3v) is 6.71. The van der Waals surface area contributed by atoms with E-state index in [0.29, 0.717) is 19.6 Å². The number of aliphatic hydroxyl groups excluding tert-OH is 1. The van der Waals surface area contributed by atoms with Crippen molar-refractivity contribution in [1.29, 1.82) is 0 Å². The van der Waals surface area contributed by atoms with Gasteiger partial charge in [0, 0.05) is 22.9 Å². The molecule has 178 valence electrons. The minimum Gasteiger partial charge on any atom is -0.468 e. The van der Waals surface area contributed by atoms with Crippen molar-refractivity contribution in [2.75, 3.05) is 6.54 Å². The molecule has 2 N–H and O–H groups in total. The van der Waals surface area contributed by atoms with Crippen LogP contribution >= 0.6 is 0 Å². The van der Waals surface area contributed by atoms with Crippen LogP contribution in [0.5, 0.6) is 0 Å². The Bertz CT molecular complexity index is 1590. The van der Waals surface area contributed by atoms with Crippen molar-refractivity contribution in [2.24, 2.45) is 0 Å². The zero-order chi connectivity index (χ0) is 24.3. The van der Waals surface area contributed by atoms with E-state index in [1.54, 1.807) is 6.26 Å². The number of aromatic nitrogens is 1. The first-order valence-corrected chi connectivity index (χ1v) is 12.4. The van der Waals surface area contributed by atoms with Crippen LogP contribution in [-0.4, -0.2) is 22.3 Å².